The molecule has 1 aliphatic rings. The van der Waals surface area contributed by atoms with E-state index in [1.807, 2.05) is 6.07 Å². The molecule has 0 fully saturated rings. The van der Waals surface area contributed by atoms with Gasteiger partial charge in [-0.15, -0.1) is 0 Å². The second kappa shape index (κ2) is 7.31. The van der Waals surface area contributed by atoms with Crippen molar-refractivity contribution in [3.05, 3.63) is 23.8 Å². The van der Waals surface area contributed by atoms with Gasteiger partial charge in [-0.3, -0.25) is 9.52 Å². The first-order valence-electron chi connectivity index (χ1n) is 8.05. The van der Waals surface area contributed by atoms with Crippen molar-refractivity contribution in [3.8, 4) is 0 Å². The molecular formula is C16H25N3O3S. The number of unbranched alkanes of at least 4 members (excludes halogenated alkanes) is 2. The molecule has 0 bridgehead atoms. The molecule has 1 aromatic rings. The summed E-state index contributed by atoms with van der Waals surface area (Å²) >= 11 is 0. The third kappa shape index (κ3) is 4.68. The maximum Gasteiger partial charge on any atom is 0.299 e. The molecule has 0 unspecified atom stereocenters. The van der Waals surface area contributed by atoms with Gasteiger partial charge < -0.3 is 4.90 Å². The zero-order valence-corrected chi connectivity index (χ0v) is 14.7. The van der Waals surface area contributed by atoms with Gasteiger partial charge in [-0.2, -0.15) is 13.1 Å². The van der Waals surface area contributed by atoms with Crippen molar-refractivity contribution < 1.29 is 13.2 Å². The molecule has 2 rings (SSSR count). The molecule has 0 aromatic heterocycles. The molecule has 0 saturated heterocycles. The molecule has 2 N–H and O–H groups in total. The first kappa shape index (κ1) is 17.7. The molecule has 1 heterocycles. The summed E-state index contributed by atoms with van der Waals surface area (Å²) in [6, 6.07) is 5.08. The number of anilines is 2. The Bertz CT molecular complexity index is 671. The lowest BCUT2D eigenvalue weighted by molar-refractivity contribution is -0.117. The van der Waals surface area contributed by atoms with Crippen LogP contribution in [0.15, 0.2) is 18.2 Å². The molecule has 0 aliphatic carbocycles. The van der Waals surface area contributed by atoms with Crippen LogP contribution >= 0.6 is 0 Å². The van der Waals surface area contributed by atoms with Crippen LogP contribution in [0.5, 0.6) is 0 Å². The molecule has 0 atom stereocenters. The highest BCUT2D eigenvalue weighted by atomic mass is 32.2. The van der Waals surface area contributed by atoms with E-state index >= 15 is 0 Å². The second-order valence-electron chi connectivity index (χ2n) is 6.15. The fourth-order valence-corrected chi connectivity index (χ4v) is 3.82. The van der Waals surface area contributed by atoms with Gasteiger partial charge in [-0.1, -0.05) is 19.8 Å². The van der Waals surface area contributed by atoms with Gasteiger partial charge in [0.15, 0.2) is 0 Å². The van der Waals surface area contributed by atoms with Gasteiger partial charge in [-0.25, -0.2) is 0 Å². The van der Waals surface area contributed by atoms with Gasteiger partial charge in [0.25, 0.3) is 10.2 Å². The summed E-state index contributed by atoms with van der Waals surface area (Å²) in [6.07, 6.45) is 3.51. The topological polar surface area (TPSA) is 78.5 Å². The van der Waals surface area contributed by atoms with E-state index in [-0.39, 0.29) is 11.9 Å². The number of nitrogens with zero attached hydrogens (tertiary/aromatic N) is 1. The van der Waals surface area contributed by atoms with Crippen LogP contribution in [0.3, 0.4) is 0 Å². The number of benzene rings is 1. The van der Waals surface area contributed by atoms with E-state index in [4.69, 9.17) is 0 Å². The normalized spacial score (nSPS) is 14.4. The highest BCUT2D eigenvalue weighted by Gasteiger charge is 2.27. The monoisotopic (exact) mass is 339 g/mol. The molecule has 6 nitrogen and oxygen atoms in total. The van der Waals surface area contributed by atoms with Crippen LogP contribution in [0.25, 0.3) is 0 Å². The molecule has 0 saturated carbocycles. The lowest BCUT2D eigenvalue weighted by Crippen LogP contribution is -2.35. The molecule has 7 heteroatoms. The fourth-order valence-electron chi connectivity index (χ4n) is 2.71. The summed E-state index contributed by atoms with van der Waals surface area (Å²) in [4.78, 5) is 13.9. The standard InChI is InChI=1S/C16H25N3O3S/c1-4-5-6-9-19-15-8-7-14(10-13(15)11-16(19)20)18-23(21,22)17-12(2)3/h7-8,10,12,17-18H,4-6,9,11H2,1-3H3. The SMILES string of the molecule is CCCCCN1C(=O)Cc2cc(NS(=O)(=O)NC(C)C)ccc21. The highest BCUT2D eigenvalue weighted by molar-refractivity contribution is 7.90. The van der Waals surface area contributed by atoms with E-state index in [0.717, 1.165) is 37.1 Å². The van der Waals surface area contributed by atoms with Gasteiger partial charge in [0, 0.05) is 18.3 Å². The van der Waals surface area contributed by atoms with Crippen molar-refractivity contribution in [2.24, 2.45) is 0 Å². The summed E-state index contributed by atoms with van der Waals surface area (Å²) in [5.41, 5.74) is 2.24. The fraction of sp³-hybridized carbons (Fsp3) is 0.562. The molecule has 0 radical (unpaired) electrons. The van der Waals surface area contributed by atoms with E-state index in [9.17, 15) is 13.2 Å². The Kier molecular flexibility index (Phi) is 5.64. The highest BCUT2D eigenvalue weighted by Crippen LogP contribution is 2.31. The van der Waals surface area contributed by atoms with E-state index in [0.29, 0.717) is 12.1 Å². The summed E-state index contributed by atoms with van der Waals surface area (Å²) in [7, 11) is -3.59. The van der Waals surface area contributed by atoms with Crippen molar-refractivity contribution >= 4 is 27.5 Å². The number of amides is 1. The van der Waals surface area contributed by atoms with Gasteiger partial charge in [0.2, 0.25) is 5.91 Å². The minimum atomic E-state index is -3.59. The average Bonchev–Trinajstić information content (AvgIpc) is 2.72. The van der Waals surface area contributed by atoms with E-state index < -0.39 is 10.2 Å². The van der Waals surface area contributed by atoms with Crippen LogP contribution in [0.1, 0.15) is 45.6 Å². The molecule has 1 aromatic carbocycles. The van der Waals surface area contributed by atoms with E-state index in [1.165, 1.54) is 0 Å². The zero-order chi connectivity index (χ0) is 17.0. The first-order valence-corrected chi connectivity index (χ1v) is 9.54. The molecule has 1 amide bonds. The first-order chi connectivity index (χ1) is 10.8. The van der Waals surface area contributed by atoms with E-state index in [2.05, 4.69) is 16.4 Å². The second-order valence-corrected chi connectivity index (χ2v) is 7.60. The minimum absolute atomic E-state index is 0.0800. The van der Waals surface area contributed by atoms with Crippen LogP contribution in [-0.4, -0.2) is 26.9 Å². The molecule has 0 spiro atoms. The number of carbonyl (C=O) groups is 1. The smallest absolute Gasteiger partial charge is 0.299 e. The van der Waals surface area contributed by atoms with Crippen molar-refractivity contribution in [1.29, 1.82) is 0 Å². The summed E-state index contributed by atoms with van der Waals surface area (Å²) in [5, 5.41) is 0. The molecule has 128 valence electrons. The average molecular weight is 339 g/mol. The van der Waals surface area contributed by atoms with Gasteiger partial charge in [-0.05, 0) is 44.0 Å². The zero-order valence-electron chi connectivity index (χ0n) is 13.9. The van der Waals surface area contributed by atoms with Crippen LogP contribution < -0.4 is 14.3 Å². The quantitative estimate of drug-likeness (QED) is 0.714. The third-order valence-electron chi connectivity index (χ3n) is 3.64. The lowest BCUT2D eigenvalue weighted by Gasteiger charge is -2.18. The van der Waals surface area contributed by atoms with Crippen molar-refractivity contribution in [2.75, 3.05) is 16.2 Å². The number of rotatable bonds is 8. The maximum absolute atomic E-state index is 12.1. The number of fused-ring (bicyclic) bond motifs is 1. The number of hydrogen-bond donors (Lipinski definition) is 2. The summed E-state index contributed by atoms with van der Waals surface area (Å²) in [5.74, 6) is 0.0800. The van der Waals surface area contributed by atoms with Crippen LogP contribution in [-0.2, 0) is 21.4 Å². The number of nitrogens with one attached hydrogen (secondary N) is 2. The van der Waals surface area contributed by atoms with Gasteiger partial charge in [0.05, 0.1) is 12.1 Å². The molecular weight excluding hydrogens is 314 g/mol. The van der Waals surface area contributed by atoms with Crippen molar-refractivity contribution in [2.45, 2.75) is 52.5 Å². The number of carbonyl (C=O) groups excluding carboxylic acids is 1. The summed E-state index contributed by atoms with van der Waals surface area (Å²) in [6.45, 7) is 6.37. The van der Waals surface area contributed by atoms with Crippen LogP contribution in [0.2, 0.25) is 0 Å². The van der Waals surface area contributed by atoms with Gasteiger partial charge >= 0.3 is 0 Å². The Morgan fingerprint density at radius 3 is 2.65 bits per heavy atom. The van der Waals surface area contributed by atoms with Crippen LogP contribution in [0.4, 0.5) is 11.4 Å². The Balaban J connectivity index is 2.12. The van der Waals surface area contributed by atoms with Crippen LogP contribution in [0, 0.1) is 0 Å². The third-order valence-corrected chi connectivity index (χ3v) is 4.93. The Hall–Kier alpha value is -1.60. The molecule has 1 aliphatic heterocycles. The Morgan fingerprint density at radius 2 is 2.00 bits per heavy atom. The van der Waals surface area contributed by atoms with Gasteiger partial charge in [0.1, 0.15) is 0 Å². The largest absolute Gasteiger partial charge is 0.312 e. The Morgan fingerprint density at radius 1 is 1.26 bits per heavy atom. The minimum Gasteiger partial charge on any atom is -0.312 e. The van der Waals surface area contributed by atoms with Crippen molar-refractivity contribution in [1.82, 2.24) is 4.72 Å². The van der Waals surface area contributed by atoms with Crippen molar-refractivity contribution in [3.63, 3.8) is 0 Å². The lowest BCUT2D eigenvalue weighted by atomic mass is 10.1. The predicted octanol–water partition coefficient (Wildman–Crippen LogP) is 2.42. The predicted molar refractivity (Wildman–Crippen MR) is 92.8 cm³/mol. The van der Waals surface area contributed by atoms with E-state index in [1.54, 1.807) is 30.9 Å². The Labute approximate surface area is 138 Å². The summed E-state index contributed by atoms with van der Waals surface area (Å²) < 4.78 is 28.8. The molecule has 23 heavy (non-hydrogen) atoms. The number of hydrogen-bond acceptors (Lipinski definition) is 3. The maximum atomic E-state index is 12.1.